The van der Waals surface area contributed by atoms with E-state index in [1.807, 2.05) is 20.8 Å². The Balaban J connectivity index is 2.17. The number of hydrogen-bond donors (Lipinski definition) is 2. The van der Waals surface area contributed by atoms with E-state index >= 15 is 0 Å². The van der Waals surface area contributed by atoms with Crippen molar-refractivity contribution in [1.82, 2.24) is 9.78 Å². The highest BCUT2D eigenvalue weighted by Gasteiger charge is 2.29. The molecule has 2 aromatic rings. The molecule has 2 rings (SSSR count). The van der Waals surface area contributed by atoms with Crippen LogP contribution in [0.1, 0.15) is 55.4 Å². The van der Waals surface area contributed by atoms with Crippen LogP contribution in [0.3, 0.4) is 0 Å². The quantitative estimate of drug-likeness (QED) is 0.880. The van der Waals surface area contributed by atoms with Crippen LogP contribution in [0.2, 0.25) is 0 Å². The molecule has 0 radical (unpaired) electrons. The highest BCUT2D eigenvalue weighted by atomic mass is 16.4. The van der Waals surface area contributed by atoms with Gasteiger partial charge >= 0.3 is 5.97 Å². The second-order valence-corrected chi connectivity index (χ2v) is 6.64. The van der Waals surface area contributed by atoms with Crippen molar-refractivity contribution < 1.29 is 14.7 Å². The van der Waals surface area contributed by atoms with Crippen LogP contribution in [0.25, 0.3) is 0 Å². The summed E-state index contributed by atoms with van der Waals surface area (Å²) in [6.07, 6.45) is 1.56. The van der Waals surface area contributed by atoms with Gasteiger partial charge in [0.1, 0.15) is 0 Å². The first kappa shape index (κ1) is 17.7. The number of nitrogens with zero attached hydrogens (tertiary/aromatic N) is 2. The number of anilines is 1. The predicted molar refractivity (Wildman–Crippen MR) is 92.4 cm³/mol. The fourth-order valence-corrected chi connectivity index (χ4v) is 2.46. The van der Waals surface area contributed by atoms with Crippen molar-refractivity contribution in [2.75, 3.05) is 5.32 Å². The molecule has 1 heterocycles. The highest BCUT2D eigenvalue weighted by Crippen LogP contribution is 2.25. The van der Waals surface area contributed by atoms with E-state index in [9.17, 15) is 14.7 Å². The minimum Gasteiger partial charge on any atom is -0.481 e. The van der Waals surface area contributed by atoms with Gasteiger partial charge in [0.05, 0.1) is 17.2 Å². The Morgan fingerprint density at radius 3 is 2.25 bits per heavy atom. The number of hydrogen-bond acceptors (Lipinski definition) is 3. The van der Waals surface area contributed by atoms with Crippen LogP contribution in [0.4, 0.5) is 5.69 Å². The molecule has 1 aromatic carbocycles. The SMILES string of the molecule is Cc1c(C(=O)Nc2ccc(C(C)(C)C(=O)O)cc2)cnn1C(C)C. The molecule has 6 nitrogen and oxygen atoms in total. The van der Waals surface area contributed by atoms with Gasteiger partial charge in [-0.2, -0.15) is 5.10 Å². The maximum atomic E-state index is 12.4. The standard InChI is InChI=1S/C18H23N3O3/c1-11(2)21-12(3)15(10-19-21)16(22)20-14-8-6-13(7-9-14)18(4,5)17(23)24/h6-11H,1-5H3,(H,20,22)(H,23,24). The molecule has 0 aliphatic rings. The van der Waals surface area contributed by atoms with Crippen LogP contribution in [0.5, 0.6) is 0 Å². The van der Waals surface area contributed by atoms with Crippen molar-refractivity contribution in [3.8, 4) is 0 Å². The minimum atomic E-state index is -0.975. The van der Waals surface area contributed by atoms with Gasteiger partial charge in [-0.3, -0.25) is 14.3 Å². The first-order valence-corrected chi connectivity index (χ1v) is 7.84. The molecule has 0 bridgehead atoms. The van der Waals surface area contributed by atoms with Crippen molar-refractivity contribution in [3.05, 3.63) is 47.3 Å². The number of carbonyl (C=O) groups is 2. The zero-order valence-corrected chi connectivity index (χ0v) is 14.6. The molecule has 1 aromatic heterocycles. The van der Waals surface area contributed by atoms with Crippen molar-refractivity contribution in [1.29, 1.82) is 0 Å². The summed E-state index contributed by atoms with van der Waals surface area (Å²) >= 11 is 0. The molecule has 0 aliphatic carbocycles. The van der Waals surface area contributed by atoms with Gasteiger partial charge in [0.15, 0.2) is 0 Å². The van der Waals surface area contributed by atoms with Gasteiger partial charge in [0.2, 0.25) is 0 Å². The van der Waals surface area contributed by atoms with Crippen LogP contribution in [0.15, 0.2) is 30.5 Å². The molecular weight excluding hydrogens is 306 g/mol. The van der Waals surface area contributed by atoms with E-state index in [0.717, 1.165) is 5.69 Å². The van der Waals surface area contributed by atoms with E-state index < -0.39 is 11.4 Å². The van der Waals surface area contributed by atoms with Gasteiger partial charge < -0.3 is 10.4 Å². The van der Waals surface area contributed by atoms with Gasteiger partial charge in [-0.25, -0.2) is 0 Å². The molecule has 6 heteroatoms. The lowest BCUT2D eigenvalue weighted by Crippen LogP contribution is -2.28. The molecule has 0 saturated heterocycles. The Labute approximate surface area is 141 Å². The Morgan fingerprint density at radius 1 is 1.21 bits per heavy atom. The Hall–Kier alpha value is -2.63. The first-order chi connectivity index (χ1) is 11.1. The van der Waals surface area contributed by atoms with Crippen molar-refractivity contribution in [2.24, 2.45) is 0 Å². The van der Waals surface area contributed by atoms with Crippen molar-refractivity contribution in [2.45, 2.75) is 46.1 Å². The van der Waals surface area contributed by atoms with Gasteiger partial charge in [0.25, 0.3) is 5.91 Å². The van der Waals surface area contributed by atoms with E-state index in [-0.39, 0.29) is 11.9 Å². The number of carbonyl (C=O) groups excluding carboxylic acids is 1. The van der Waals surface area contributed by atoms with Crippen LogP contribution in [-0.2, 0) is 10.2 Å². The average molecular weight is 329 g/mol. The number of amides is 1. The number of carboxylic acids is 1. The number of rotatable bonds is 5. The number of aromatic nitrogens is 2. The summed E-state index contributed by atoms with van der Waals surface area (Å²) in [6, 6.07) is 7.03. The number of carboxylic acid groups (broad SMARTS) is 1. The fourth-order valence-electron chi connectivity index (χ4n) is 2.46. The largest absolute Gasteiger partial charge is 0.481 e. The van der Waals surface area contributed by atoms with Crippen LogP contribution < -0.4 is 5.32 Å². The van der Waals surface area contributed by atoms with Crippen molar-refractivity contribution in [3.63, 3.8) is 0 Å². The molecule has 0 spiro atoms. The van der Waals surface area contributed by atoms with E-state index in [2.05, 4.69) is 10.4 Å². The zero-order chi connectivity index (χ0) is 18.1. The third-order valence-electron chi connectivity index (χ3n) is 4.18. The van der Waals surface area contributed by atoms with E-state index in [4.69, 9.17) is 0 Å². The lowest BCUT2D eigenvalue weighted by Gasteiger charge is -2.19. The second-order valence-electron chi connectivity index (χ2n) is 6.64. The molecular formula is C18H23N3O3. The summed E-state index contributed by atoms with van der Waals surface area (Å²) in [6.45, 7) is 9.16. The Kier molecular flexibility index (Phi) is 4.78. The number of aliphatic carboxylic acids is 1. The number of benzene rings is 1. The Bertz CT molecular complexity index is 758. The van der Waals surface area contributed by atoms with E-state index in [1.165, 1.54) is 0 Å². The van der Waals surface area contributed by atoms with Crippen LogP contribution in [0, 0.1) is 6.92 Å². The highest BCUT2D eigenvalue weighted by molar-refractivity contribution is 6.04. The van der Waals surface area contributed by atoms with Gasteiger partial charge in [-0.15, -0.1) is 0 Å². The molecule has 0 atom stereocenters. The summed E-state index contributed by atoms with van der Waals surface area (Å²) in [4.78, 5) is 23.7. The van der Waals surface area contributed by atoms with Gasteiger partial charge in [-0.1, -0.05) is 12.1 Å². The monoisotopic (exact) mass is 329 g/mol. The lowest BCUT2D eigenvalue weighted by molar-refractivity contribution is -0.142. The molecule has 0 aliphatic heterocycles. The third-order valence-corrected chi connectivity index (χ3v) is 4.18. The van der Waals surface area contributed by atoms with Crippen molar-refractivity contribution >= 4 is 17.6 Å². The van der Waals surface area contributed by atoms with E-state index in [1.54, 1.807) is 49.0 Å². The lowest BCUT2D eigenvalue weighted by atomic mass is 9.85. The second kappa shape index (κ2) is 6.47. The molecule has 0 saturated carbocycles. The summed E-state index contributed by atoms with van der Waals surface area (Å²) in [5, 5.41) is 16.3. The maximum absolute atomic E-state index is 12.4. The molecule has 0 unspecified atom stereocenters. The molecule has 2 N–H and O–H groups in total. The predicted octanol–water partition coefficient (Wildman–Crippen LogP) is 3.39. The molecule has 1 amide bonds. The summed E-state index contributed by atoms with van der Waals surface area (Å²) in [7, 11) is 0. The minimum absolute atomic E-state index is 0.184. The van der Waals surface area contributed by atoms with Crippen LogP contribution in [-0.4, -0.2) is 26.8 Å². The normalized spacial score (nSPS) is 11.6. The molecule has 128 valence electrons. The van der Waals surface area contributed by atoms with Gasteiger partial charge in [-0.05, 0) is 52.3 Å². The average Bonchev–Trinajstić information content (AvgIpc) is 2.89. The van der Waals surface area contributed by atoms with Crippen LogP contribution >= 0.6 is 0 Å². The zero-order valence-electron chi connectivity index (χ0n) is 14.6. The fraction of sp³-hybridized carbons (Fsp3) is 0.389. The first-order valence-electron chi connectivity index (χ1n) is 7.84. The summed E-state index contributed by atoms with van der Waals surface area (Å²) in [5.74, 6) is -1.12. The summed E-state index contributed by atoms with van der Waals surface area (Å²) < 4.78 is 1.80. The smallest absolute Gasteiger partial charge is 0.313 e. The topological polar surface area (TPSA) is 84.2 Å². The van der Waals surface area contributed by atoms with E-state index in [0.29, 0.717) is 16.8 Å². The summed E-state index contributed by atoms with van der Waals surface area (Å²) in [5.41, 5.74) is 1.65. The third kappa shape index (κ3) is 3.32. The maximum Gasteiger partial charge on any atom is 0.313 e. The number of nitrogens with one attached hydrogen (secondary N) is 1. The molecule has 0 fully saturated rings. The molecule has 24 heavy (non-hydrogen) atoms. The Morgan fingerprint density at radius 2 is 1.79 bits per heavy atom. The van der Waals surface area contributed by atoms with Gasteiger partial charge in [0, 0.05) is 17.4 Å².